The molecule has 0 aliphatic carbocycles. The summed E-state index contributed by atoms with van der Waals surface area (Å²) in [5.74, 6) is 0.113. The van der Waals surface area contributed by atoms with Gasteiger partial charge in [-0.25, -0.2) is 4.98 Å². The molecule has 0 saturated heterocycles. The molecule has 1 heterocycles. The summed E-state index contributed by atoms with van der Waals surface area (Å²) in [6.07, 6.45) is 1.18. The first-order valence-electron chi connectivity index (χ1n) is 9.93. The zero-order valence-corrected chi connectivity index (χ0v) is 17.6. The fraction of sp³-hybridized carbons (Fsp3) is 0.200. The van der Waals surface area contributed by atoms with Crippen LogP contribution in [0.2, 0.25) is 0 Å². The molecule has 4 aromatic rings. The van der Waals surface area contributed by atoms with Gasteiger partial charge in [0.25, 0.3) is 0 Å². The molecule has 0 aliphatic rings. The number of carbonyl (C=O) groups is 1. The fourth-order valence-electron chi connectivity index (χ4n) is 3.68. The second-order valence-corrected chi connectivity index (χ2v) is 8.25. The Morgan fingerprint density at radius 3 is 2.48 bits per heavy atom. The Morgan fingerprint density at radius 2 is 1.69 bits per heavy atom. The summed E-state index contributed by atoms with van der Waals surface area (Å²) in [6, 6.07) is 24.7. The topological polar surface area (TPSA) is 33.2 Å². The lowest BCUT2D eigenvalue weighted by Gasteiger charge is -2.20. The minimum atomic E-state index is 0.113. The van der Waals surface area contributed by atoms with Crippen molar-refractivity contribution in [1.29, 1.82) is 0 Å². The number of carbonyl (C=O) groups excluding carboxylic acids is 1. The standard InChI is InChI=1S/C25H24N2OS/c1-3-27(21-13-5-4-6-14-21)25(28)17-23-18(2)26-24(29-23)16-20-12-9-11-19-10-7-8-15-22(19)20/h4-15H,3,16-17H2,1-2H3. The van der Waals surface area contributed by atoms with Crippen LogP contribution in [0.5, 0.6) is 0 Å². The second kappa shape index (κ2) is 8.58. The number of benzene rings is 3. The maximum atomic E-state index is 12.9. The highest BCUT2D eigenvalue weighted by Crippen LogP contribution is 2.26. The second-order valence-electron chi connectivity index (χ2n) is 7.08. The van der Waals surface area contributed by atoms with Crippen LogP contribution in [0.3, 0.4) is 0 Å². The van der Waals surface area contributed by atoms with Crippen molar-refractivity contribution < 1.29 is 4.79 Å². The molecule has 0 saturated carbocycles. The monoisotopic (exact) mass is 400 g/mol. The van der Waals surface area contributed by atoms with Gasteiger partial charge in [0.15, 0.2) is 0 Å². The van der Waals surface area contributed by atoms with Crippen molar-refractivity contribution in [2.45, 2.75) is 26.7 Å². The van der Waals surface area contributed by atoms with E-state index in [1.165, 1.54) is 16.3 Å². The Balaban J connectivity index is 1.54. The third kappa shape index (κ3) is 4.22. The van der Waals surface area contributed by atoms with Crippen LogP contribution >= 0.6 is 11.3 Å². The molecule has 29 heavy (non-hydrogen) atoms. The van der Waals surface area contributed by atoms with Crippen molar-refractivity contribution in [2.24, 2.45) is 0 Å². The molecule has 146 valence electrons. The van der Waals surface area contributed by atoms with Gasteiger partial charge >= 0.3 is 0 Å². The summed E-state index contributed by atoms with van der Waals surface area (Å²) in [6.45, 7) is 4.67. The van der Waals surface area contributed by atoms with Crippen LogP contribution < -0.4 is 4.90 Å². The van der Waals surface area contributed by atoms with E-state index in [2.05, 4.69) is 42.5 Å². The quantitative estimate of drug-likeness (QED) is 0.410. The third-order valence-electron chi connectivity index (χ3n) is 5.16. The predicted octanol–water partition coefficient (Wildman–Crippen LogP) is 5.79. The smallest absolute Gasteiger partial charge is 0.232 e. The first kappa shape index (κ1) is 19.3. The molecule has 0 atom stereocenters. The van der Waals surface area contributed by atoms with Crippen molar-refractivity contribution in [3.8, 4) is 0 Å². The number of nitrogens with zero attached hydrogens (tertiary/aromatic N) is 2. The van der Waals surface area contributed by atoms with E-state index in [4.69, 9.17) is 4.98 Å². The van der Waals surface area contributed by atoms with Gasteiger partial charge in [-0.15, -0.1) is 11.3 Å². The lowest BCUT2D eigenvalue weighted by Crippen LogP contribution is -2.31. The van der Waals surface area contributed by atoms with Crippen LogP contribution in [0.15, 0.2) is 72.8 Å². The molecule has 0 unspecified atom stereocenters. The number of fused-ring (bicyclic) bond motifs is 1. The molecule has 0 bridgehead atoms. The number of likely N-dealkylation sites (N-methyl/N-ethyl adjacent to an activating group) is 1. The Bertz CT molecular complexity index is 1130. The zero-order valence-electron chi connectivity index (χ0n) is 16.8. The Morgan fingerprint density at radius 1 is 0.966 bits per heavy atom. The number of anilines is 1. The maximum Gasteiger partial charge on any atom is 0.232 e. The number of aryl methyl sites for hydroxylation is 1. The van der Waals surface area contributed by atoms with E-state index >= 15 is 0 Å². The predicted molar refractivity (Wildman–Crippen MR) is 122 cm³/mol. The molecule has 1 aromatic heterocycles. The van der Waals surface area contributed by atoms with Crippen LogP contribution in [-0.4, -0.2) is 17.4 Å². The van der Waals surface area contributed by atoms with Crippen molar-refractivity contribution in [3.63, 3.8) is 0 Å². The number of para-hydroxylation sites is 1. The molecular weight excluding hydrogens is 376 g/mol. The number of amides is 1. The SMILES string of the molecule is CCN(C(=O)Cc1sc(Cc2cccc3ccccc23)nc1C)c1ccccc1. The Hall–Kier alpha value is -2.98. The van der Waals surface area contributed by atoms with E-state index in [1.807, 2.05) is 49.1 Å². The first-order chi connectivity index (χ1) is 14.2. The van der Waals surface area contributed by atoms with Gasteiger partial charge < -0.3 is 4.90 Å². The number of hydrogen-bond acceptors (Lipinski definition) is 3. The van der Waals surface area contributed by atoms with E-state index in [0.29, 0.717) is 13.0 Å². The largest absolute Gasteiger partial charge is 0.312 e. The van der Waals surface area contributed by atoms with E-state index in [1.54, 1.807) is 11.3 Å². The average Bonchev–Trinajstić information content (AvgIpc) is 3.08. The fourth-order valence-corrected chi connectivity index (χ4v) is 4.76. The van der Waals surface area contributed by atoms with Crippen molar-refractivity contribution in [2.75, 3.05) is 11.4 Å². The third-order valence-corrected chi connectivity index (χ3v) is 6.31. The molecule has 0 spiro atoms. The highest BCUT2D eigenvalue weighted by molar-refractivity contribution is 7.11. The molecule has 4 heteroatoms. The highest BCUT2D eigenvalue weighted by atomic mass is 32.1. The van der Waals surface area contributed by atoms with Crippen molar-refractivity contribution >= 4 is 33.7 Å². The molecular formula is C25H24N2OS. The van der Waals surface area contributed by atoms with E-state index in [-0.39, 0.29) is 5.91 Å². The molecule has 0 N–H and O–H groups in total. The maximum absolute atomic E-state index is 12.9. The number of aromatic nitrogens is 1. The summed E-state index contributed by atoms with van der Waals surface area (Å²) in [7, 11) is 0. The summed E-state index contributed by atoms with van der Waals surface area (Å²) >= 11 is 1.66. The summed E-state index contributed by atoms with van der Waals surface area (Å²) < 4.78 is 0. The van der Waals surface area contributed by atoms with Gasteiger partial charge in [0.05, 0.1) is 17.1 Å². The summed E-state index contributed by atoms with van der Waals surface area (Å²) in [5.41, 5.74) is 3.18. The van der Waals surface area contributed by atoms with Gasteiger partial charge in [0.2, 0.25) is 5.91 Å². The zero-order chi connectivity index (χ0) is 20.2. The van der Waals surface area contributed by atoms with Gasteiger partial charge in [0.1, 0.15) is 0 Å². The van der Waals surface area contributed by atoms with Crippen LogP contribution in [-0.2, 0) is 17.6 Å². The molecule has 3 nitrogen and oxygen atoms in total. The van der Waals surface area contributed by atoms with Gasteiger partial charge in [-0.1, -0.05) is 60.7 Å². The summed E-state index contributed by atoms with van der Waals surface area (Å²) in [4.78, 5) is 20.6. The Kier molecular flexibility index (Phi) is 5.72. The molecule has 3 aromatic carbocycles. The van der Waals surface area contributed by atoms with Crippen molar-refractivity contribution in [3.05, 3.63) is 93.9 Å². The molecule has 0 fully saturated rings. The lowest BCUT2D eigenvalue weighted by molar-refractivity contribution is -0.117. The Labute approximate surface area is 175 Å². The normalized spacial score (nSPS) is 11.0. The first-order valence-corrected chi connectivity index (χ1v) is 10.7. The van der Waals surface area contributed by atoms with E-state index < -0.39 is 0 Å². The van der Waals surface area contributed by atoms with Crippen LogP contribution in [0.25, 0.3) is 10.8 Å². The highest BCUT2D eigenvalue weighted by Gasteiger charge is 2.18. The molecule has 0 aliphatic heterocycles. The van der Waals surface area contributed by atoms with Crippen LogP contribution in [0.1, 0.15) is 28.1 Å². The molecule has 1 amide bonds. The van der Waals surface area contributed by atoms with E-state index in [0.717, 1.165) is 27.7 Å². The van der Waals surface area contributed by atoms with Crippen LogP contribution in [0, 0.1) is 6.92 Å². The van der Waals surface area contributed by atoms with Gasteiger partial charge in [0, 0.05) is 23.5 Å². The molecule has 4 rings (SSSR count). The number of rotatable bonds is 6. The minimum absolute atomic E-state index is 0.113. The van der Waals surface area contributed by atoms with E-state index in [9.17, 15) is 4.79 Å². The average molecular weight is 401 g/mol. The van der Waals surface area contributed by atoms with Gasteiger partial charge in [-0.2, -0.15) is 0 Å². The minimum Gasteiger partial charge on any atom is -0.312 e. The molecule has 0 radical (unpaired) electrons. The van der Waals surface area contributed by atoms with Gasteiger partial charge in [-0.3, -0.25) is 4.79 Å². The lowest BCUT2D eigenvalue weighted by atomic mass is 10.0. The summed E-state index contributed by atoms with van der Waals surface area (Å²) in [5, 5.41) is 3.57. The van der Waals surface area contributed by atoms with Crippen molar-refractivity contribution in [1.82, 2.24) is 4.98 Å². The number of thiazole rings is 1. The number of hydrogen-bond donors (Lipinski definition) is 0. The van der Waals surface area contributed by atoms with Crippen LogP contribution in [0.4, 0.5) is 5.69 Å². The van der Waals surface area contributed by atoms with Gasteiger partial charge in [-0.05, 0) is 42.3 Å².